The second kappa shape index (κ2) is 8.83. The first-order valence-corrected chi connectivity index (χ1v) is 10.2. The van der Waals surface area contributed by atoms with Crippen molar-refractivity contribution in [2.45, 2.75) is 78.9 Å². The van der Waals surface area contributed by atoms with Gasteiger partial charge in [-0.3, -0.25) is 0 Å². The third-order valence-corrected chi connectivity index (χ3v) is 5.52. The van der Waals surface area contributed by atoms with Crippen LogP contribution >= 0.6 is 0 Å². The van der Waals surface area contributed by atoms with Crippen LogP contribution in [-0.4, -0.2) is 30.9 Å². The molecule has 1 heterocycles. The average molecular weight is 386 g/mol. The Morgan fingerprint density at radius 1 is 1.11 bits per heavy atom. The Labute approximate surface area is 170 Å². The first-order chi connectivity index (χ1) is 12.9. The van der Waals surface area contributed by atoms with E-state index in [1.54, 1.807) is 6.08 Å². The maximum Gasteiger partial charge on any atom is 0.494 e. The Morgan fingerprint density at radius 3 is 2.36 bits per heavy atom. The highest BCUT2D eigenvalue weighted by Gasteiger charge is 2.42. The molecule has 2 rings (SSSR count). The number of carbonyl (C=O) groups excluding carboxylic acids is 1. The lowest BCUT2D eigenvalue weighted by Gasteiger charge is -2.42. The van der Waals surface area contributed by atoms with Crippen molar-refractivity contribution in [2.24, 2.45) is 5.41 Å². The summed E-state index contributed by atoms with van der Waals surface area (Å²) in [6.07, 6.45) is 6.51. The summed E-state index contributed by atoms with van der Waals surface area (Å²) >= 11 is 0. The minimum Gasteiger partial charge on any atom is -0.457 e. The Hall–Kier alpha value is -1.59. The maximum atomic E-state index is 11.8. The maximum absolute atomic E-state index is 11.8. The molecule has 0 bridgehead atoms. The van der Waals surface area contributed by atoms with Crippen molar-refractivity contribution in [1.82, 2.24) is 0 Å². The second-order valence-corrected chi connectivity index (χ2v) is 9.71. The Morgan fingerprint density at radius 2 is 1.75 bits per heavy atom. The van der Waals surface area contributed by atoms with Gasteiger partial charge in [-0.05, 0) is 70.0 Å². The lowest BCUT2D eigenvalue weighted by molar-refractivity contribution is -0.148. The van der Waals surface area contributed by atoms with Crippen molar-refractivity contribution in [1.29, 1.82) is 0 Å². The summed E-state index contributed by atoms with van der Waals surface area (Å²) in [5.41, 5.74) is 1.18. The minimum atomic E-state index is -0.489. The standard InChI is InChI=1S/C23H35BO4/c1-21(2,3)27-20(25)15-12-18-10-13-19(14-11-18)24-26-17-9-8-16-22(4,5)23(6,7)28-24/h10-15H,8-9,16-17H2,1-7H3/b15-12+. The summed E-state index contributed by atoms with van der Waals surface area (Å²) in [7, 11) is -0.392. The molecule has 0 atom stereocenters. The number of carbonyl (C=O) groups is 1. The van der Waals surface area contributed by atoms with Gasteiger partial charge in [0.05, 0.1) is 5.60 Å². The first kappa shape index (κ1) is 22.7. The predicted octanol–water partition coefficient (Wildman–Crippen LogP) is 4.76. The Kier molecular flexibility index (Phi) is 7.16. The van der Waals surface area contributed by atoms with Crippen molar-refractivity contribution in [3.8, 4) is 0 Å². The van der Waals surface area contributed by atoms with Gasteiger partial charge >= 0.3 is 13.1 Å². The molecule has 1 aliphatic rings. The molecule has 0 N–H and O–H groups in total. The lowest BCUT2D eigenvalue weighted by atomic mass is 9.70. The molecular weight excluding hydrogens is 351 g/mol. The Bertz CT molecular complexity index is 684. The molecule has 0 spiro atoms. The van der Waals surface area contributed by atoms with E-state index in [4.69, 9.17) is 14.0 Å². The van der Waals surface area contributed by atoms with E-state index >= 15 is 0 Å². The number of rotatable bonds is 3. The van der Waals surface area contributed by atoms with Crippen LogP contribution in [0.1, 0.15) is 73.3 Å². The number of ether oxygens (including phenoxy) is 1. The van der Waals surface area contributed by atoms with E-state index in [-0.39, 0.29) is 17.0 Å². The fourth-order valence-electron chi connectivity index (χ4n) is 3.05. The highest BCUT2D eigenvalue weighted by Crippen LogP contribution is 2.39. The van der Waals surface area contributed by atoms with Gasteiger partial charge in [0.2, 0.25) is 0 Å². The average Bonchev–Trinajstić information content (AvgIpc) is 2.61. The molecule has 0 aromatic heterocycles. The van der Waals surface area contributed by atoms with Gasteiger partial charge in [0.15, 0.2) is 0 Å². The SMILES string of the molecule is CC(C)(C)OC(=O)/C=C/c1ccc(B2OCCCCC(C)(C)C(C)(C)O2)cc1. The molecule has 154 valence electrons. The highest BCUT2D eigenvalue weighted by atomic mass is 16.6. The monoisotopic (exact) mass is 386 g/mol. The minimum absolute atomic E-state index is 0.0645. The van der Waals surface area contributed by atoms with Crippen LogP contribution in [0.3, 0.4) is 0 Å². The summed E-state index contributed by atoms with van der Waals surface area (Å²) in [5, 5.41) is 0. The van der Waals surface area contributed by atoms with E-state index < -0.39 is 12.7 Å². The predicted molar refractivity (Wildman–Crippen MR) is 115 cm³/mol. The molecule has 0 unspecified atom stereocenters. The zero-order chi connectivity index (χ0) is 21.0. The van der Waals surface area contributed by atoms with Crippen LogP contribution in [0.2, 0.25) is 0 Å². The zero-order valence-electron chi connectivity index (χ0n) is 18.5. The molecular formula is C23H35BO4. The van der Waals surface area contributed by atoms with Gasteiger partial charge in [-0.1, -0.05) is 44.5 Å². The van der Waals surface area contributed by atoms with Crippen LogP contribution in [0, 0.1) is 5.41 Å². The van der Waals surface area contributed by atoms with Crippen LogP contribution in [0.5, 0.6) is 0 Å². The lowest BCUT2D eigenvalue weighted by Crippen LogP contribution is -2.50. The van der Waals surface area contributed by atoms with E-state index in [0.29, 0.717) is 6.61 Å². The molecule has 1 aliphatic heterocycles. The van der Waals surface area contributed by atoms with Gasteiger partial charge in [0.1, 0.15) is 5.60 Å². The summed E-state index contributed by atoms with van der Waals surface area (Å²) in [4.78, 5) is 11.8. The van der Waals surface area contributed by atoms with Gasteiger partial charge in [-0.25, -0.2) is 4.79 Å². The second-order valence-electron chi connectivity index (χ2n) is 9.71. The number of benzene rings is 1. The summed E-state index contributed by atoms with van der Waals surface area (Å²) in [6, 6.07) is 7.93. The fraction of sp³-hybridized carbons (Fsp3) is 0.609. The zero-order valence-corrected chi connectivity index (χ0v) is 18.5. The quantitative estimate of drug-likeness (QED) is 0.427. The molecule has 28 heavy (non-hydrogen) atoms. The molecule has 1 saturated heterocycles. The number of hydrogen-bond acceptors (Lipinski definition) is 4. The fourth-order valence-corrected chi connectivity index (χ4v) is 3.05. The van der Waals surface area contributed by atoms with Crippen molar-refractivity contribution in [2.75, 3.05) is 6.61 Å². The third-order valence-electron chi connectivity index (χ3n) is 5.52. The molecule has 1 fully saturated rings. The Balaban J connectivity index is 2.11. The van der Waals surface area contributed by atoms with Crippen LogP contribution in [0.15, 0.2) is 30.3 Å². The van der Waals surface area contributed by atoms with Crippen molar-refractivity contribution >= 4 is 24.6 Å². The largest absolute Gasteiger partial charge is 0.494 e. The van der Waals surface area contributed by atoms with Crippen molar-refractivity contribution in [3.05, 3.63) is 35.9 Å². The number of esters is 1. The first-order valence-electron chi connectivity index (χ1n) is 10.2. The molecule has 0 saturated carbocycles. The highest BCUT2D eigenvalue weighted by molar-refractivity contribution is 6.61. The van der Waals surface area contributed by atoms with E-state index in [9.17, 15) is 4.79 Å². The van der Waals surface area contributed by atoms with E-state index in [2.05, 4.69) is 27.7 Å². The van der Waals surface area contributed by atoms with E-state index in [1.807, 2.05) is 45.0 Å². The molecule has 5 heteroatoms. The summed E-state index contributed by atoms with van der Waals surface area (Å²) in [6.45, 7) is 15.1. The van der Waals surface area contributed by atoms with Crippen LogP contribution in [0.25, 0.3) is 6.08 Å². The van der Waals surface area contributed by atoms with Gasteiger partial charge in [-0.2, -0.15) is 0 Å². The third kappa shape index (κ3) is 6.49. The van der Waals surface area contributed by atoms with Crippen LogP contribution in [-0.2, 0) is 18.8 Å². The molecule has 0 aliphatic carbocycles. The van der Waals surface area contributed by atoms with Crippen molar-refractivity contribution in [3.63, 3.8) is 0 Å². The van der Waals surface area contributed by atoms with E-state index in [0.717, 1.165) is 30.3 Å². The van der Waals surface area contributed by atoms with E-state index in [1.165, 1.54) is 6.08 Å². The van der Waals surface area contributed by atoms with Crippen molar-refractivity contribution < 1.29 is 18.8 Å². The summed E-state index contributed by atoms with van der Waals surface area (Å²) < 4.78 is 17.8. The van der Waals surface area contributed by atoms with Gasteiger partial charge in [-0.15, -0.1) is 0 Å². The normalized spacial score (nSPS) is 20.3. The topological polar surface area (TPSA) is 44.8 Å². The molecule has 1 aromatic carbocycles. The number of hydrogen-bond donors (Lipinski definition) is 0. The van der Waals surface area contributed by atoms with Gasteiger partial charge in [0.25, 0.3) is 0 Å². The van der Waals surface area contributed by atoms with Gasteiger partial charge < -0.3 is 14.0 Å². The van der Waals surface area contributed by atoms with Crippen LogP contribution in [0.4, 0.5) is 0 Å². The van der Waals surface area contributed by atoms with Gasteiger partial charge in [0, 0.05) is 12.7 Å². The van der Waals surface area contributed by atoms with Crippen LogP contribution < -0.4 is 5.46 Å². The molecule has 0 radical (unpaired) electrons. The molecule has 4 nitrogen and oxygen atoms in total. The molecule has 0 amide bonds. The smallest absolute Gasteiger partial charge is 0.457 e. The summed E-state index contributed by atoms with van der Waals surface area (Å²) in [5.74, 6) is -0.344. The molecule has 1 aromatic rings.